The molecule has 0 aliphatic heterocycles. The van der Waals surface area contributed by atoms with Gasteiger partial charge in [0.2, 0.25) is 10.0 Å². The van der Waals surface area contributed by atoms with Crippen LogP contribution in [0, 0.1) is 0 Å². The highest BCUT2D eigenvalue weighted by Gasteiger charge is 2.31. The SMILES string of the molecule is CCOCCN(C)S(=O)(=O)C(C)C(=O)O. The van der Waals surface area contributed by atoms with E-state index in [0.717, 1.165) is 11.2 Å². The highest BCUT2D eigenvalue weighted by molar-refractivity contribution is 7.90. The van der Waals surface area contributed by atoms with Gasteiger partial charge in [0.1, 0.15) is 0 Å². The molecule has 7 heteroatoms. The first kappa shape index (κ1) is 14.3. The van der Waals surface area contributed by atoms with Crippen molar-refractivity contribution in [1.29, 1.82) is 0 Å². The minimum absolute atomic E-state index is 0.161. The van der Waals surface area contributed by atoms with E-state index in [4.69, 9.17) is 9.84 Å². The number of nitrogens with zero attached hydrogens (tertiary/aromatic N) is 1. The van der Waals surface area contributed by atoms with E-state index in [2.05, 4.69) is 0 Å². The number of carbonyl (C=O) groups is 1. The van der Waals surface area contributed by atoms with Crippen LogP contribution in [-0.2, 0) is 19.6 Å². The van der Waals surface area contributed by atoms with E-state index in [9.17, 15) is 13.2 Å². The van der Waals surface area contributed by atoms with Gasteiger partial charge in [0.05, 0.1) is 6.61 Å². The van der Waals surface area contributed by atoms with Gasteiger partial charge in [0.15, 0.2) is 5.25 Å². The molecule has 6 nitrogen and oxygen atoms in total. The normalized spacial score (nSPS) is 14.1. The molecule has 0 aliphatic rings. The second-order valence-electron chi connectivity index (χ2n) is 3.04. The lowest BCUT2D eigenvalue weighted by molar-refractivity contribution is -0.136. The van der Waals surface area contributed by atoms with E-state index in [1.165, 1.54) is 7.05 Å². The highest BCUT2D eigenvalue weighted by atomic mass is 32.2. The summed E-state index contributed by atoms with van der Waals surface area (Å²) in [5.74, 6) is -1.35. The Morgan fingerprint density at radius 3 is 2.47 bits per heavy atom. The fraction of sp³-hybridized carbons (Fsp3) is 0.875. The number of ether oxygens (including phenoxy) is 1. The van der Waals surface area contributed by atoms with Gasteiger partial charge in [-0.2, -0.15) is 0 Å². The zero-order valence-corrected chi connectivity index (χ0v) is 9.95. The first-order valence-electron chi connectivity index (χ1n) is 4.59. The fourth-order valence-corrected chi connectivity index (χ4v) is 1.99. The van der Waals surface area contributed by atoms with Crippen LogP contribution in [-0.4, -0.2) is 55.9 Å². The summed E-state index contributed by atoms with van der Waals surface area (Å²) in [6.45, 7) is 3.87. The number of carboxylic acid groups (broad SMARTS) is 1. The molecule has 1 atom stereocenters. The number of sulfonamides is 1. The van der Waals surface area contributed by atoms with Crippen molar-refractivity contribution in [3.63, 3.8) is 0 Å². The van der Waals surface area contributed by atoms with Crippen LogP contribution in [0.15, 0.2) is 0 Å². The third kappa shape index (κ3) is 4.15. The number of aliphatic carboxylic acids is 1. The lowest BCUT2D eigenvalue weighted by Crippen LogP contribution is -2.40. The van der Waals surface area contributed by atoms with Crippen molar-refractivity contribution in [3.05, 3.63) is 0 Å². The molecule has 0 aromatic heterocycles. The summed E-state index contributed by atoms with van der Waals surface area (Å²) >= 11 is 0. The molecule has 0 aromatic carbocycles. The van der Waals surface area contributed by atoms with Gasteiger partial charge in [-0.25, -0.2) is 12.7 Å². The lowest BCUT2D eigenvalue weighted by atomic mass is 10.5. The van der Waals surface area contributed by atoms with Gasteiger partial charge in [0.25, 0.3) is 0 Å². The van der Waals surface area contributed by atoms with Gasteiger partial charge >= 0.3 is 5.97 Å². The molecule has 1 N–H and O–H groups in total. The summed E-state index contributed by atoms with van der Waals surface area (Å²) in [7, 11) is -2.42. The average molecular weight is 239 g/mol. The van der Waals surface area contributed by atoms with Gasteiger partial charge in [-0.3, -0.25) is 4.79 Å². The standard InChI is InChI=1S/C8H17NO5S/c1-4-14-6-5-9(3)15(12,13)7(2)8(10)11/h7H,4-6H2,1-3H3,(H,10,11). The molecule has 0 rings (SSSR count). The topological polar surface area (TPSA) is 83.9 Å². The summed E-state index contributed by atoms with van der Waals surface area (Å²) in [6.07, 6.45) is 0. The third-order valence-corrected chi connectivity index (χ3v) is 4.13. The van der Waals surface area contributed by atoms with E-state index in [-0.39, 0.29) is 13.2 Å². The predicted molar refractivity (Wildman–Crippen MR) is 55.1 cm³/mol. The molecule has 0 fully saturated rings. The van der Waals surface area contributed by atoms with E-state index >= 15 is 0 Å². The molecule has 0 amide bonds. The third-order valence-electron chi connectivity index (χ3n) is 1.98. The van der Waals surface area contributed by atoms with Gasteiger partial charge in [-0.1, -0.05) is 0 Å². The Kier molecular flexibility index (Phi) is 5.77. The first-order chi connectivity index (χ1) is 6.84. The maximum Gasteiger partial charge on any atom is 0.323 e. The molecule has 0 bridgehead atoms. The number of hydrogen-bond acceptors (Lipinski definition) is 4. The monoisotopic (exact) mass is 239 g/mol. The molecule has 0 heterocycles. The fourth-order valence-electron chi connectivity index (χ4n) is 0.862. The lowest BCUT2D eigenvalue weighted by Gasteiger charge is -2.19. The molecule has 0 spiro atoms. The van der Waals surface area contributed by atoms with E-state index in [0.29, 0.717) is 6.61 Å². The van der Waals surface area contributed by atoms with Crippen molar-refractivity contribution >= 4 is 16.0 Å². The Morgan fingerprint density at radius 2 is 2.07 bits per heavy atom. The average Bonchev–Trinajstić information content (AvgIpc) is 2.16. The van der Waals surface area contributed by atoms with Crippen LogP contribution in [0.2, 0.25) is 0 Å². The molecule has 0 aliphatic carbocycles. The van der Waals surface area contributed by atoms with Crippen molar-refractivity contribution in [2.24, 2.45) is 0 Å². The summed E-state index contributed by atoms with van der Waals surface area (Å²) < 4.78 is 29.1. The van der Waals surface area contributed by atoms with E-state index in [1.807, 2.05) is 0 Å². The van der Waals surface area contributed by atoms with Crippen LogP contribution in [0.5, 0.6) is 0 Å². The van der Waals surface area contributed by atoms with Crippen LogP contribution in [0.3, 0.4) is 0 Å². The minimum Gasteiger partial charge on any atom is -0.480 e. The zero-order chi connectivity index (χ0) is 12.1. The molecule has 90 valence electrons. The molecule has 0 saturated carbocycles. The van der Waals surface area contributed by atoms with Gasteiger partial charge in [-0.15, -0.1) is 0 Å². The van der Waals surface area contributed by atoms with Crippen LogP contribution in [0.4, 0.5) is 0 Å². The van der Waals surface area contributed by atoms with Crippen molar-refractivity contribution in [2.75, 3.05) is 26.8 Å². The number of likely N-dealkylation sites (N-methyl/N-ethyl adjacent to an activating group) is 1. The number of carboxylic acids is 1. The van der Waals surface area contributed by atoms with Crippen molar-refractivity contribution < 1.29 is 23.1 Å². The Bertz CT molecular complexity index is 300. The Labute approximate surface area is 89.9 Å². The van der Waals surface area contributed by atoms with Crippen LogP contribution >= 0.6 is 0 Å². The second kappa shape index (κ2) is 6.04. The van der Waals surface area contributed by atoms with E-state index in [1.54, 1.807) is 6.92 Å². The van der Waals surface area contributed by atoms with E-state index < -0.39 is 21.2 Å². The van der Waals surface area contributed by atoms with Gasteiger partial charge in [-0.05, 0) is 13.8 Å². The molecule has 0 saturated heterocycles. The van der Waals surface area contributed by atoms with Crippen molar-refractivity contribution in [1.82, 2.24) is 4.31 Å². The molecular weight excluding hydrogens is 222 g/mol. The Morgan fingerprint density at radius 1 is 1.53 bits per heavy atom. The maximum atomic E-state index is 11.6. The molecule has 0 radical (unpaired) electrons. The maximum absolute atomic E-state index is 11.6. The number of rotatable bonds is 7. The summed E-state index contributed by atoms with van der Waals surface area (Å²) in [5, 5.41) is 7.17. The summed E-state index contributed by atoms with van der Waals surface area (Å²) in [4.78, 5) is 10.5. The largest absolute Gasteiger partial charge is 0.480 e. The minimum atomic E-state index is -3.76. The highest BCUT2D eigenvalue weighted by Crippen LogP contribution is 2.06. The summed E-state index contributed by atoms with van der Waals surface area (Å²) in [5.41, 5.74) is 0. The second-order valence-corrected chi connectivity index (χ2v) is 5.40. The smallest absolute Gasteiger partial charge is 0.323 e. The molecule has 15 heavy (non-hydrogen) atoms. The Balaban J connectivity index is 4.39. The zero-order valence-electron chi connectivity index (χ0n) is 9.13. The molecule has 1 unspecified atom stereocenters. The molecule has 0 aromatic rings. The first-order valence-corrected chi connectivity index (χ1v) is 6.10. The van der Waals surface area contributed by atoms with Crippen molar-refractivity contribution in [2.45, 2.75) is 19.1 Å². The van der Waals surface area contributed by atoms with Gasteiger partial charge < -0.3 is 9.84 Å². The van der Waals surface area contributed by atoms with Crippen LogP contribution < -0.4 is 0 Å². The van der Waals surface area contributed by atoms with Gasteiger partial charge in [0, 0.05) is 20.2 Å². The quantitative estimate of drug-likeness (QED) is 0.620. The molecular formula is C8H17NO5S. The predicted octanol–water partition coefficient (Wildman–Crippen LogP) is -0.242. The summed E-state index contributed by atoms with van der Waals surface area (Å²) in [6, 6.07) is 0. The van der Waals surface area contributed by atoms with Crippen molar-refractivity contribution in [3.8, 4) is 0 Å². The van der Waals surface area contributed by atoms with Crippen LogP contribution in [0.25, 0.3) is 0 Å². The Hall–Kier alpha value is -0.660. The van der Waals surface area contributed by atoms with Crippen LogP contribution in [0.1, 0.15) is 13.8 Å². The number of hydrogen-bond donors (Lipinski definition) is 1.